The van der Waals surface area contributed by atoms with Gasteiger partial charge >= 0.3 is 12.1 Å². The maximum atomic E-state index is 13.0. The lowest BCUT2D eigenvalue weighted by Gasteiger charge is -2.37. The molecule has 7 nitrogen and oxygen atoms in total. The van der Waals surface area contributed by atoms with Gasteiger partial charge in [-0.1, -0.05) is 120 Å². The second-order valence-electron chi connectivity index (χ2n) is 14.1. The molecule has 7 heteroatoms. The molecule has 50 heavy (non-hydrogen) atoms. The van der Waals surface area contributed by atoms with Crippen LogP contribution in [0.4, 0.5) is 4.79 Å². The fraction of sp³-hybridized carbons (Fsp3) is 0.535. The van der Waals surface area contributed by atoms with Crippen molar-refractivity contribution < 1.29 is 33.3 Å². The number of benzene rings is 3. The van der Waals surface area contributed by atoms with E-state index in [0.717, 1.165) is 99.4 Å². The minimum Gasteiger partial charge on any atom is -0.494 e. The molecule has 4 rings (SSSR count). The van der Waals surface area contributed by atoms with Crippen molar-refractivity contribution >= 4 is 12.1 Å². The number of esters is 1. The number of hydrogen-bond acceptors (Lipinski definition) is 7. The molecule has 0 saturated carbocycles. The summed E-state index contributed by atoms with van der Waals surface area (Å²) in [5.74, 6) is 0.112. The summed E-state index contributed by atoms with van der Waals surface area (Å²) >= 11 is 0. The highest BCUT2D eigenvalue weighted by Crippen LogP contribution is 2.34. The van der Waals surface area contributed by atoms with Crippen molar-refractivity contribution in [1.82, 2.24) is 0 Å². The number of hydrogen-bond donors (Lipinski definition) is 0. The molecule has 3 aromatic rings. The van der Waals surface area contributed by atoms with E-state index < -0.39 is 12.1 Å². The lowest BCUT2D eigenvalue weighted by atomic mass is 9.90. The molecule has 1 fully saturated rings. The fourth-order valence-electron chi connectivity index (χ4n) is 6.16. The predicted molar refractivity (Wildman–Crippen MR) is 200 cm³/mol. The number of unbranched alkanes of at least 4 members (excludes halogenated alkanes) is 10. The van der Waals surface area contributed by atoms with Gasteiger partial charge in [-0.2, -0.15) is 0 Å². The van der Waals surface area contributed by atoms with Gasteiger partial charge in [0.2, 0.25) is 0 Å². The maximum absolute atomic E-state index is 13.0. The van der Waals surface area contributed by atoms with E-state index in [1.165, 1.54) is 38.5 Å². The summed E-state index contributed by atoms with van der Waals surface area (Å²) in [7, 11) is 0. The van der Waals surface area contributed by atoms with Crippen LogP contribution in [0.25, 0.3) is 22.3 Å². The Balaban J connectivity index is 1.19. The van der Waals surface area contributed by atoms with Crippen molar-refractivity contribution in [2.75, 3.05) is 33.0 Å². The molecule has 0 radical (unpaired) electrons. The van der Waals surface area contributed by atoms with E-state index in [2.05, 4.69) is 13.8 Å². The molecule has 1 saturated heterocycles. The Morgan fingerprint density at radius 1 is 0.740 bits per heavy atom. The molecular formula is C43H58O7. The van der Waals surface area contributed by atoms with Gasteiger partial charge in [0.05, 0.1) is 32.0 Å². The summed E-state index contributed by atoms with van der Waals surface area (Å²) in [6.07, 6.45) is 13.5. The van der Waals surface area contributed by atoms with Gasteiger partial charge in [0.15, 0.2) is 0 Å². The third kappa shape index (κ3) is 13.6. The van der Waals surface area contributed by atoms with Gasteiger partial charge in [0, 0.05) is 12.0 Å². The molecule has 1 aliphatic heterocycles. The summed E-state index contributed by atoms with van der Waals surface area (Å²) in [5.41, 5.74) is 4.33. The average Bonchev–Trinajstić information content (AvgIpc) is 3.11. The van der Waals surface area contributed by atoms with Crippen molar-refractivity contribution in [3.8, 4) is 28.0 Å². The number of carbonyl (C=O) groups excluding carboxylic acids is 2. The largest absolute Gasteiger partial charge is 0.516 e. The van der Waals surface area contributed by atoms with E-state index in [1.54, 1.807) is 12.1 Å². The summed E-state index contributed by atoms with van der Waals surface area (Å²) in [5, 5.41) is 0. The summed E-state index contributed by atoms with van der Waals surface area (Å²) < 4.78 is 27.6. The Bertz CT molecular complexity index is 1410. The number of rotatable bonds is 23. The van der Waals surface area contributed by atoms with E-state index in [1.807, 2.05) is 67.6 Å². The Hall–Kier alpha value is -3.68. The van der Waals surface area contributed by atoms with Crippen molar-refractivity contribution in [2.24, 2.45) is 5.41 Å². The normalized spacial score (nSPS) is 14.1. The van der Waals surface area contributed by atoms with Crippen LogP contribution in [0.3, 0.4) is 0 Å². The topological polar surface area (TPSA) is 80.3 Å². The molecule has 0 aliphatic carbocycles. The van der Waals surface area contributed by atoms with Gasteiger partial charge in [0.1, 0.15) is 11.9 Å². The molecular weight excluding hydrogens is 628 g/mol. The summed E-state index contributed by atoms with van der Waals surface area (Å²) in [4.78, 5) is 25.3. The maximum Gasteiger partial charge on any atom is 0.516 e. The van der Waals surface area contributed by atoms with E-state index in [-0.39, 0.29) is 17.1 Å². The van der Waals surface area contributed by atoms with Crippen LogP contribution in [0, 0.1) is 5.41 Å². The highest BCUT2D eigenvalue weighted by Gasteiger charge is 2.33. The van der Waals surface area contributed by atoms with Gasteiger partial charge in [-0.05, 0) is 79.1 Å². The van der Waals surface area contributed by atoms with Crippen LogP contribution in [-0.2, 0) is 18.9 Å². The highest BCUT2D eigenvalue weighted by atomic mass is 16.7. The third-order valence-corrected chi connectivity index (χ3v) is 9.25. The Morgan fingerprint density at radius 2 is 1.38 bits per heavy atom. The van der Waals surface area contributed by atoms with Crippen molar-refractivity contribution in [3.63, 3.8) is 0 Å². The fourth-order valence-corrected chi connectivity index (χ4v) is 6.16. The lowest BCUT2D eigenvalue weighted by Crippen LogP contribution is -2.43. The van der Waals surface area contributed by atoms with Gasteiger partial charge in [-0.3, -0.25) is 0 Å². The second-order valence-corrected chi connectivity index (χ2v) is 14.1. The molecule has 0 spiro atoms. The van der Waals surface area contributed by atoms with E-state index in [9.17, 15) is 9.59 Å². The molecule has 1 heterocycles. The SMILES string of the molecule is CCCCCC[C@@H](C)OC(=O)OC(=O)c1ccc(-c2ccc(OCCCCCCCCCCOCC3(C)COC3)cc2)c(-c2ccccc2)c1. The van der Waals surface area contributed by atoms with Crippen molar-refractivity contribution in [1.29, 1.82) is 0 Å². The molecule has 1 aliphatic rings. The number of carbonyl (C=O) groups is 2. The van der Waals surface area contributed by atoms with Crippen molar-refractivity contribution in [2.45, 2.75) is 110 Å². The molecule has 3 aromatic carbocycles. The molecule has 272 valence electrons. The second kappa shape index (κ2) is 21.5. The van der Waals surface area contributed by atoms with Crippen LogP contribution in [0.2, 0.25) is 0 Å². The molecule has 0 amide bonds. The third-order valence-electron chi connectivity index (χ3n) is 9.25. The van der Waals surface area contributed by atoms with Gasteiger partial charge in [0.25, 0.3) is 0 Å². The highest BCUT2D eigenvalue weighted by molar-refractivity contribution is 5.98. The standard InChI is InChI=1S/C43H58O7/c1-4-5-6-14-19-34(2)49-42(45)50-41(44)37-24-27-39(40(30-37)35-20-15-13-16-21-35)36-22-25-38(26-23-36)48-29-18-12-10-8-7-9-11-17-28-46-31-43(3)32-47-33-43/h13,15-16,20-27,30,34H,4-12,14,17-19,28-29,31-33H2,1-3H3/t34-/m1/s1. The van der Waals surface area contributed by atoms with Crippen LogP contribution in [0.5, 0.6) is 5.75 Å². The first kappa shape index (κ1) is 39.1. The van der Waals surface area contributed by atoms with Crippen LogP contribution >= 0.6 is 0 Å². The van der Waals surface area contributed by atoms with Crippen molar-refractivity contribution in [3.05, 3.63) is 78.4 Å². The van der Waals surface area contributed by atoms with Gasteiger partial charge in [-0.25, -0.2) is 9.59 Å². The van der Waals surface area contributed by atoms with Crippen LogP contribution in [0.15, 0.2) is 72.8 Å². The smallest absolute Gasteiger partial charge is 0.494 e. The molecule has 1 atom stereocenters. The average molecular weight is 687 g/mol. The molecule has 0 aromatic heterocycles. The van der Waals surface area contributed by atoms with E-state index >= 15 is 0 Å². The zero-order valence-corrected chi connectivity index (χ0v) is 30.6. The van der Waals surface area contributed by atoms with Crippen LogP contribution < -0.4 is 4.74 Å². The van der Waals surface area contributed by atoms with Gasteiger partial charge < -0.3 is 23.7 Å². The van der Waals surface area contributed by atoms with Crippen LogP contribution in [-0.4, -0.2) is 51.3 Å². The molecule has 0 bridgehead atoms. The minimum absolute atomic E-state index is 0.250. The van der Waals surface area contributed by atoms with Gasteiger partial charge in [-0.15, -0.1) is 0 Å². The summed E-state index contributed by atoms with van der Waals surface area (Å²) in [6.45, 7) is 10.3. The number of ether oxygens (including phenoxy) is 5. The van der Waals surface area contributed by atoms with E-state index in [4.69, 9.17) is 23.7 Å². The first-order valence-electron chi connectivity index (χ1n) is 18.9. The monoisotopic (exact) mass is 686 g/mol. The quantitative estimate of drug-likeness (QED) is 0.0558. The zero-order chi connectivity index (χ0) is 35.4. The Labute approximate surface area is 300 Å². The van der Waals surface area contributed by atoms with Crippen LogP contribution in [0.1, 0.15) is 115 Å². The zero-order valence-electron chi connectivity index (χ0n) is 30.6. The Morgan fingerprint density at radius 3 is 2.04 bits per heavy atom. The minimum atomic E-state index is -0.961. The van der Waals surface area contributed by atoms with E-state index in [0.29, 0.717) is 6.61 Å². The lowest BCUT2D eigenvalue weighted by molar-refractivity contribution is -0.137. The first-order chi connectivity index (χ1) is 24.4. The molecule has 0 unspecified atom stereocenters. The summed E-state index contributed by atoms with van der Waals surface area (Å²) in [6, 6.07) is 23.3. The Kier molecular flexibility index (Phi) is 16.8. The molecule has 0 N–H and O–H groups in total. The predicted octanol–water partition coefficient (Wildman–Crippen LogP) is 11.2. The first-order valence-corrected chi connectivity index (χ1v) is 18.9.